The van der Waals surface area contributed by atoms with Crippen LogP contribution in [0.5, 0.6) is 0 Å². The SMILES string of the molecule is CC(C)(C)SCC(=O)N1CCN(S(=O)(=O)c2ccc(F)cc2)CC1. The van der Waals surface area contributed by atoms with Gasteiger partial charge in [-0.05, 0) is 24.3 Å². The molecule has 0 bridgehead atoms. The third-order valence-corrected chi connectivity index (χ3v) is 6.84. The number of carbonyl (C=O) groups is 1. The fourth-order valence-electron chi connectivity index (χ4n) is 2.30. The molecule has 0 unspecified atom stereocenters. The quantitative estimate of drug-likeness (QED) is 0.811. The number of nitrogens with zero attached hydrogens (tertiary/aromatic N) is 2. The van der Waals surface area contributed by atoms with Crippen LogP contribution in [0.2, 0.25) is 0 Å². The van der Waals surface area contributed by atoms with E-state index < -0.39 is 15.8 Å². The number of halogens is 1. The average Bonchev–Trinajstić information content (AvgIpc) is 2.52. The van der Waals surface area contributed by atoms with Gasteiger partial charge >= 0.3 is 0 Å². The summed E-state index contributed by atoms with van der Waals surface area (Å²) in [5.74, 6) is -0.0386. The Labute approximate surface area is 147 Å². The molecule has 24 heavy (non-hydrogen) atoms. The first kappa shape index (κ1) is 19.2. The lowest BCUT2D eigenvalue weighted by Crippen LogP contribution is -2.51. The Morgan fingerprint density at radius 3 is 2.17 bits per heavy atom. The average molecular weight is 375 g/mol. The number of benzene rings is 1. The molecule has 0 saturated carbocycles. The lowest BCUT2D eigenvalue weighted by Gasteiger charge is -2.34. The number of rotatable bonds is 4. The van der Waals surface area contributed by atoms with E-state index >= 15 is 0 Å². The van der Waals surface area contributed by atoms with Gasteiger partial charge in [-0.15, -0.1) is 11.8 Å². The summed E-state index contributed by atoms with van der Waals surface area (Å²) in [5.41, 5.74) is 0. The van der Waals surface area contributed by atoms with Gasteiger partial charge in [0.2, 0.25) is 15.9 Å². The molecular weight excluding hydrogens is 351 g/mol. The van der Waals surface area contributed by atoms with Gasteiger partial charge in [-0.1, -0.05) is 20.8 Å². The van der Waals surface area contributed by atoms with Gasteiger partial charge in [-0.25, -0.2) is 12.8 Å². The van der Waals surface area contributed by atoms with Crippen molar-refractivity contribution in [2.75, 3.05) is 31.9 Å². The molecule has 1 saturated heterocycles. The molecule has 1 fully saturated rings. The molecule has 5 nitrogen and oxygen atoms in total. The van der Waals surface area contributed by atoms with Gasteiger partial charge < -0.3 is 4.90 Å². The molecule has 0 N–H and O–H groups in total. The van der Waals surface area contributed by atoms with Crippen molar-refractivity contribution in [3.05, 3.63) is 30.1 Å². The summed E-state index contributed by atoms with van der Waals surface area (Å²) in [7, 11) is -3.64. The third kappa shape index (κ3) is 4.94. The number of thioether (sulfide) groups is 1. The lowest BCUT2D eigenvalue weighted by atomic mass is 10.3. The van der Waals surface area contributed by atoms with E-state index in [1.165, 1.54) is 16.4 Å². The van der Waals surface area contributed by atoms with Gasteiger partial charge in [0.1, 0.15) is 5.82 Å². The molecule has 1 aliphatic heterocycles. The van der Waals surface area contributed by atoms with Crippen LogP contribution in [-0.2, 0) is 14.8 Å². The molecule has 1 aromatic carbocycles. The highest BCUT2D eigenvalue weighted by molar-refractivity contribution is 8.01. The van der Waals surface area contributed by atoms with E-state index in [1.54, 1.807) is 16.7 Å². The second kappa shape index (κ2) is 7.41. The molecule has 0 spiro atoms. The molecule has 2 rings (SSSR count). The Kier molecular flexibility index (Phi) is 5.93. The number of amides is 1. The maximum Gasteiger partial charge on any atom is 0.243 e. The Bertz CT molecular complexity index is 676. The van der Waals surface area contributed by atoms with Crippen molar-refractivity contribution in [1.29, 1.82) is 0 Å². The predicted molar refractivity (Wildman–Crippen MR) is 93.9 cm³/mol. The Hall–Kier alpha value is -1.12. The minimum atomic E-state index is -3.64. The van der Waals surface area contributed by atoms with Gasteiger partial charge in [-0.2, -0.15) is 4.31 Å². The molecule has 1 heterocycles. The zero-order chi connectivity index (χ0) is 18.0. The lowest BCUT2D eigenvalue weighted by molar-refractivity contribution is -0.129. The highest BCUT2D eigenvalue weighted by Crippen LogP contribution is 2.24. The summed E-state index contributed by atoms with van der Waals surface area (Å²) in [6.07, 6.45) is 0. The Morgan fingerprint density at radius 2 is 1.67 bits per heavy atom. The van der Waals surface area contributed by atoms with E-state index in [2.05, 4.69) is 20.8 Å². The van der Waals surface area contributed by atoms with Crippen LogP contribution in [0.3, 0.4) is 0 Å². The number of hydrogen-bond acceptors (Lipinski definition) is 4. The monoisotopic (exact) mass is 374 g/mol. The van der Waals surface area contributed by atoms with Crippen molar-refractivity contribution in [1.82, 2.24) is 9.21 Å². The maximum absolute atomic E-state index is 13.0. The van der Waals surface area contributed by atoms with Crippen LogP contribution in [0.15, 0.2) is 29.2 Å². The molecule has 1 aromatic rings. The van der Waals surface area contributed by atoms with Crippen LogP contribution in [0.1, 0.15) is 20.8 Å². The van der Waals surface area contributed by atoms with E-state index in [9.17, 15) is 17.6 Å². The smallest absolute Gasteiger partial charge is 0.243 e. The second-order valence-electron chi connectivity index (χ2n) is 6.64. The van der Waals surface area contributed by atoms with E-state index in [0.717, 1.165) is 12.1 Å². The molecule has 8 heteroatoms. The molecule has 1 amide bonds. The van der Waals surface area contributed by atoms with E-state index in [1.807, 2.05) is 0 Å². The Balaban J connectivity index is 1.94. The van der Waals surface area contributed by atoms with Gasteiger partial charge in [0.05, 0.1) is 10.6 Å². The predicted octanol–water partition coefficient (Wildman–Crippen LogP) is 2.19. The second-order valence-corrected chi connectivity index (χ2v) is 10.4. The number of carbonyl (C=O) groups excluding carboxylic acids is 1. The van der Waals surface area contributed by atoms with Crippen molar-refractivity contribution in [3.63, 3.8) is 0 Å². The fraction of sp³-hybridized carbons (Fsp3) is 0.562. The molecule has 134 valence electrons. The Morgan fingerprint density at radius 1 is 1.12 bits per heavy atom. The summed E-state index contributed by atoms with van der Waals surface area (Å²) in [6.45, 7) is 7.43. The first-order valence-electron chi connectivity index (χ1n) is 7.77. The summed E-state index contributed by atoms with van der Waals surface area (Å²) >= 11 is 1.58. The summed E-state index contributed by atoms with van der Waals surface area (Å²) in [6, 6.07) is 4.80. The zero-order valence-electron chi connectivity index (χ0n) is 14.2. The molecule has 0 atom stereocenters. The summed E-state index contributed by atoms with van der Waals surface area (Å²) < 4.78 is 39.4. The van der Waals surface area contributed by atoms with Gasteiger partial charge in [0, 0.05) is 30.9 Å². The highest BCUT2D eigenvalue weighted by atomic mass is 32.2. The van der Waals surface area contributed by atoms with Crippen molar-refractivity contribution in [3.8, 4) is 0 Å². The van der Waals surface area contributed by atoms with Crippen LogP contribution in [-0.4, -0.2) is 60.2 Å². The number of piperazine rings is 1. The van der Waals surface area contributed by atoms with Crippen molar-refractivity contribution in [2.45, 2.75) is 30.4 Å². The molecular formula is C16H23FN2O3S2. The van der Waals surface area contributed by atoms with Gasteiger partial charge in [0.15, 0.2) is 0 Å². The molecule has 1 aliphatic rings. The van der Waals surface area contributed by atoms with Crippen molar-refractivity contribution in [2.24, 2.45) is 0 Å². The first-order valence-corrected chi connectivity index (χ1v) is 10.2. The molecule has 0 radical (unpaired) electrons. The summed E-state index contributed by atoms with van der Waals surface area (Å²) in [5, 5.41) is 0. The van der Waals surface area contributed by atoms with Crippen LogP contribution in [0.25, 0.3) is 0 Å². The summed E-state index contributed by atoms with van der Waals surface area (Å²) in [4.78, 5) is 14.0. The van der Waals surface area contributed by atoms with Gasteiger partial charge in [-0.3, -0.25) is 4.79 Å². The van der Waals surface area contributed by atoms with Crippen LogP contribution in [0.4, 0.5) is 4.39 Å². The zero-order valence-corrected chi connectivity index (χ0v) is 15.8. The topological polar surface area (TPSA) is 57.7 Å². The maximum atomic E-state index is 13.0. The minimum Gasteiger partial charge on any atom is -0.339 e. The van der Waals surface area contributed by atoms with Crippen molar-refractivity contribution >= 4 is 27.7 Å². The first-order chi connectivity index (χ1) is 11.1. The van der Waals surface area contributed by atoms with Crippen LogP contribution in [0, 0.1) is 5.82 Å². The van der Waals surface area contributed by atoms with E-state index in [0.29, 0.717) is 18.8 Å². The number of hydrogen-bond donors (Lipinski definition) is 0. The highest BCUT2D eigenvalue weighted by Gasteiger charge is 2.30. The van der Waals surface area contributed by atoms with E-state index in [-0.39, 0.29) is 28.6 Å². The largest absolute Gasteiger partial charge is 0.339 e. The molecule has 0 aliphatic carbocycles. The van der Waals surface area contributed by atoms with Gasteiger partial charge in [0.25, 0.3) is 0 Å². The number of sulfonamides is 1. The van der Waals surface area contributed by atoms with Crippen LogP contribution < -0.4 is 0 Å². The van der Waals surface area contributed by atoms with Crippen molar-refractivity contribution < 1.29 is 17.6 Å². The van der Waals surface area contributed by atoms with E-state index in [4.69, 9.17) is 0 Å². The van der Waals surface area contributed by atoms with Crippen LogP contribution >= 0.6 is 11.8 Å². The molecule has 0 aromatic heterocycles. The fourth-order valence-corrected chi connectivity index (χ4v) is 4.46. The third-order valence-electron chi connectivity index (χ3n) is 3.67. The minimum absolute atomic E-state index is 0.0173. The normalized spacial score (nSPS) is 17.1. The standard InChI is InChI=1S/C16H23FN2O3S2/c1-16(2,3)23-12-15(20)18-8-10-19(11-9-18)24(21,22)14-6-4-13(17)5-7-14/h4-7H,8-12H2,1-3H3.